The van der Waals surface area contributed by atoms with Crippen molar-refractivity contribution in [2.45, 2.75) is 63.9 Å². The van der Waals surface area contributed by atoms with Gasteiger partial charge in [0.2, 0.25) is 0 Å². The van der Waals surface area contributed by atoms with Crippen LogP contribution in [0.4, 0.5) is 0 Å². The molecule has 2 saturated carbocycles. The van der Waals surface area contributed by atoms with E-state index < -0.39 is 64.1 Å². The highest BCUT2D eigenvalue weighted by Crippen LogP contribution is 2.67. The summed E-state index contributed by atoms with van der Waals surface area (Å²) in [6.45, 7) is 5.47. The van der Waals surface area contributed by atoms with E-state index in [-0.39, 0.29) is 35.7 Å². The first-order valence-corrected chi connectivity index (χ1v) is 17.0. The Bertz CT molecular complexity index is 2060. The summed E-state index contributed by atoms with van der Waals surface area (Å²) in [5, 5.41) is 33.2. The quantitative estimate of drug-likeness (QED) is 0.240. The third-order valence-corrected chi connectivity index (χ3v) is 11.6. The molecule has 2 aromatic heterocycles. The summed E-state index contributed by atoms with van der Waals surface area (Å²) < 4.78 is 24.6. The molecule has 7 rings (SSSR count). The zero-order valence-corrected chi connectivity index (χ0v) is 28.4. The molecule has 2 fully saturated rings. The Morgan fingerprint density at radius 2 is 1.73 bits per heavy atom. The zero-order chi connectivity index (χ0) is 36.1. The maximum Gasteiger partial charge on any atom is 0.345 e. The third-order valence-electron chi connectivity index (χ3n) is 11.6. The van der Waals surface area contributed by atoms with E-state index in [4.69, 9.17) is 18.6 Å². The lowest BCUT2D eigenvalue weighted by molar-refractivity contribution is -0.263. The number of nitriles is 1. The first-order valence-electron chi connectivity index (χ1n) is 17.0. The number of carbonyl (C=O) groups excluding carboxylic acids is 2. The highest BCUT2D eigenvalue weighted by Gasteiger charge is 2.70. The Morgan fingerprint density at radius 1 is 1.00 bits per heavy atom. The van der Waals surface area contributed by atoms with Crippen LogP contribution in [0.5, 0.6) is 5.75 Å². The van der Waals surface area contributed by atoms with Gasteiger partial charge in [-0.05, 0) is 86.1 Å². The maximum atomic E-state index is 13.8. The van der Waals surface area contributed by atoms with Crippen molar-refractivity contribution in [1.29, 1.82) is 5.26 Å². The number of fused-ring (bicyclic) bond motifs is 4. The number of aliphatic hydroxyl groups is 2. The van der Waals surface area contributed by atoms with E-state index in [1.165, 1.54) is 24.3 Å². The number of hydrogen-bond donors (Lipinski definition) is 2. The highest BCUT2D eigenvalue weighted by molar-refractivity contribution is 5.90. The number of benzene rings is 2. The fraction of sp³-hybridized carbons (Fsp3) is 0.375. The van der Waals surface area contributed by atoms with Crippen LogP contribution in [0.1, 0.15) is 78.0 Å². The van der Waals surface area contributed by atoms with Crippen LogP contribution in [0.25, 0.3) is 11.3 Å². The number of pyridine rings is 1. The second-order valence-electron chi connectivity index (χ2n) is 14.5. The predicted octanol–water partition coefficient (Wildman–Crippen LogP) is 5.64. The Balaban J connectivity index is 1.32. The lowest BCUT2D eigenvalue weighted by atomic mass is 9.42. The van der Waals surface area contributed by atoms with Gasteiger partial charge in [0.15, 0.2) is 0 Å². The van der Waals surface area contributed by atoms with E-state index in [0.29, 0.717) is 29.5 Å². The zero-order valence-electron chi connectivity index (χ0n) is 28.4. The second kappa shape index (κ2) is 12.8. The van der Waals surface area contributed by atoms with Gasteiger partial charge in [0, 0.05) is 35.4 Å². The SMILES string of the molecule is C[C@]12CC[C@H](O)[C@@](C)(COC(=O)c3ccccc3)C1C[C@H](OC(=O)c1ccc(C#N)cc1)[C@@]1(C)Oc3cc(-c4cccnc4)oc(=O)c3[C@H](O)C21. The van der Waals surface area contributed by atoms with Crippen LogP contribution in [0.15, 0.2) is 94.4 Å². The molecule has 3 heterocycles. The topological polar surface area (TPSA) is 169 Å². The summed E-state index contributed by atoms with van der Waals surface area (Å²) in [6.07, 6.45) is 0.760. The van der Waals surface area contributed by atoms with E-state index in [1.54, 1.807) is 67.8 Å². The number of ether oxygens (including phenoxy) is 3. The van der Waals surface area contributed by atoms with E-state index in [1.807, 2.05) is 19.9 Å². The van der Waals surface area contributed by atoms with Crippen LogP contribution >= 0.6 is 0 Å². The molecular weight excluding hydrogens is 652 g/mol. The van der Waals surface area contributed by atoms with E-state index in [9.17, 15) is 29.9 Å². The fourth-order valence-electron chi connectivity index (χ4n) is 8.96. The summed E-state index contributed by atoms with van der Waals surface area (Å²) in [4.78, 5) is 44.7. The molecule has 2 aliphatic carbocycles. The number of rotatable bonds is 6. The molecule has 2 unspecified atom stereocenters. The number of hydrogen-bond acceptors (Lipinski definition) is 11. The Kier molecular flexibility index (Phi) is 8.56. The predicted molar refractivity (Wildman–Crippen MR) is 182 cm³/mol. The van der Waals surface area contributed by atoms with Gasteiger partial charge in [-0.1, -0.05) is 32.0 Å². The third kappa shape index (κ3) is 5.69. The van der Waals surface area contributed by atoms with Crippen LogP contribution in [0.3, 0.4) is 0 Å². The molecule has 8 atom stereocenters. The monoisotopic (exact) mass is 690 g/mol. The molecule has 11 heteroatoms. The summed E-state index contributed by atoms with van der Waals surface area (Å²) >= 11 is 0. The second-order valence-corrected chi connectivity index (χ2v) is 14.5. The Labute approximate surface area is 294 Å². The van der Waals surface area contributed by atoms with Crippen molar-refractivity contribution in [1.82, 2.24) is 4.98 Å². The van der Waals surface area contributed by atoms with E-state index in [0.717, 1.165) is 0 Å². The largest absolute Gasteiger partial charge is 0.482 e. The van der Waals surface area contributed by atoms with Gasteiger partial charge in [0.25, 0.3) is 0 Å². The van der Waals surface area contributed by atoms with Crippen LogP contribution in [-0.2, 0) is 9.47 Å². The Hall–Kier alpha value is -5.31. The summed E-state index contributed by atoms with van der Waals surface area (Å²) in [6, 6.07) is 21.6. The van der Waals surface area contributed by atoms with Crippen LogP contribution in [0.2, 0.25) is 0 Å². The molecule has 3 aliphatic rings. The minimum Gasteiger partial charge on any atom is -0.482 e. The van der Waals surface area contributed by atoms with Gasteiger partial charge in [0.05, 0.1) is 41.6 Å². The average Bonchev–Trinajstić information content (AvgIpc) is 3.13. The molecule has 0 bridgehead atoms. The van der Waals surface area contributed by atoms with Gasteiger partial charge >= 0.3 is 17.6 Å². The molecule has 262 valence electrons. The lowest BCUT2D eigenvalue weighted by Crippen LogP contribution is -2.71. The van der Waals surface area contributed by atoms with Crippen molar-refractivity contribution < 1.29 is 38.4 Å². The normalized spacial score (nSPS) is 30.7. The number of aromatic nitrogens is 1. The molecule has 11 nitrogen and oxygen atoms in total. The number of carbonyl (C=O) groups is 2. The van der Waals surface area contributed by atoms with Gasteiger partial charge in [-0.3, -0.25) is 4.98 Å². The summed E-state index contributed by atoms with van der Waals surface area (Å²) in [5.41, 5.74) is -2.57. The molecule has 0 saturated heterocycles. The lowest BCUT2D eigenvalue weighted by Gasteiger charge is -2.66. The maximum absolute atomic E-state index is 13.8. The van der Waals surface area contributed by atoms with Gasteiger partial charge in [-0.15, -0.1) is 0 Å². The standard InChI is InChI=1S/C40H38N2O9/c1-38-16-15-30(43)39(2,22-48-35(45)24-8-5-4-6-9-24)29(38)19-31(50-36(46)25-13-11-23(20-41)12-14-25)40(3)34(38)33(44)32-28(51-40)18-27(49-37(32)47)26-10-7-17-42-21-26/h4-14,17-18,21,29-31,33-34,43-44H,15-16,19,22H2,1-3H3/t29?,30-,31-,33-,34?,38-,39-,40+/m0/s1. The summed E-state index contributed by atoms with van der Waals surface area (Å²) in [7, 11) is 0. The van der Waals surface area contributed by atoms with Crippen molar-refractivity contribution in [2.75, 3.05) is 6.61 Å². The highest BCUT2D eigenvalue weighted by atomic mass is 16.6. The van der Waals surface area contributed by atoms with Crippen molar-refractivity contribution >= 4 is 11.9 Å². The molecule has 4 aromatic rings. The fourth-order valence-corrected chi connectivity index (χ4v) is 8.96. The molecule has 0 amide bonds. The number of aliphatic hydroxyl groups excluding tert-OH is 2. The van der Waals surface area contributed by atoms with Crippen LogP contribution < -0.4 is 10.4 Å². The van der Waals surface area contributed by atoms with Crippen molar-refractivity contribution in [3.05, 3.63) is 118 Å². The summed E-state index contributed by atoms with van der Waals surface area (Å²) in [5.74, 6) is -2.24. The molecular formula is C40H38N2O9. The molecule has 0 radical (unpaired) electrons. The minimum atomic E-state index is -1.41. The number of esters is 2. The van der Waals surface area contributed by atoms with Gasteiger partial charge in [-0.2, -0.15) is 5.26 Å². The van der Waals surface area contributed by atoms with Crippen molar-refractivity contribution in [3.8, 4) is 23.1 Å². The van der Waals surface area contributed by atoms with Gasteiger partial charge in [-0.25, -0.2) is 14.4 Å². The molecule has 2 N–H and O–H groups in total. The van der Waals surface area contributed by atoms with Gasteiger partial charge in [0.1, 0.15) is 28.8 Å². The Morgan fingerprint density at radius 3 is 2.41 bits per heavy atom. The smallest absolute Gasteiger partial charge is 0.345 e. The van der Waals surface area contributed by atoms with Crippen molar-refractivity contribution in [3.63, 3.8) is 0 Å². The molecule has 1 aliphatic heterocycles. The van der Waals surface area contributed by atoms with Crippen LogP contribution in [0, 0.1) is 34.0 Å². The minimum absolute atomic E-state index is 0.0486. The van der Waals surface area contributed by atoms with E-state index in [2.05, 4.69) is 4.98 Å². The van der Waals surface area contributed by atoms with Gasteiger partial charge < -0.3 is 28.8 Å². The first-order chi connectivity index (χ1) is 24.4. The molecule has 2 aromatic carbocycles. The number of nitrogens with zero attached hydrogens (tertiary/aromatic N) is 2. The average molecular weight is 691 g/mol. The van der Waals surface area contributed by atoms with Crippen LogP contribution in [-0.4, -0.2) is 51.6 Å². The van der Waals surface area contributed by atoms with Crippen molar-refractivity contribution in [2.24, 2.45) is 22.7 Å². The molecule has 51 heavy (non-hydrogen) atoms. The molecule has 0 spiro atoms. The first kappa shape index (κ1) is 34.2. The van der Waals surface area contributed by atoms with E-state index >= 15 is 0 Å².